The third-order valence-electron chi connectivity index (χ3n) is 4.25. The number of carbonyl (C=O) groups excluding carboxylic acids is 1. The van der Waals surface area contributed by atoms with Gasteiger partial charge in [-0.15, -0.1) is 0 Å². The first-order valence-electron chi connectivity index (χ1n) is 7.93. The monoisotopic (exact) mass is 275 g/mol. The second kappa shape index (κ2) is 7.44. The second-order valence-corrected chi connectivity index (χ2v) is 5.70. The van der Waals surface area contributed by atoms with E-state index in [1.807, 2.05) is 4.90 Å². The predicted octanol–water partition coefficient (Wildman–Crippen LogP) is 1.89. The van der Waals surface area contributed by atoms with Crippen molar-refractivity contribution in [2.24, 2.45) is 0 Å². The van der Waals surface area contributed by atoms with Crippen LogP contribution >= 0.6 is 0 Å². The molecule has 3 heteroatoms. The van der Waals surface area contributed by atoms with Gasteiger partial charge in [0.1, 0.15) is 0 Å². The van der Waals surface area contributed by atoms with Gasteiger partial charge in [-0.1, -0.05) is 37.6 Å². The Bertz CT molecular complexity index is 444. The molecule has 2 N–H and O–H groups in total. The number of carbonyl (C=O) groups is 1. The second-order valence-electron chi connectivity index (χ2n) is 5.70. The summed E-state index contributed by atoms with van der Waals surface area (Å²) in [6, 6.07) is 8.72. The van der Waals surface area contributed by atoms with Gasteiger partial charge in [-0.3, -0.25) is 4.79 Å². The Kier molecular flexibility index (Phi) is 5.60. The fourth-order valence-electron chi connectivity index (χ4n) is 2.99. The van der Waals surface area contributed by atoms with Gasteiger partial charge in [0.15, 0.2) is 6.54 Å². The highest BCUT2D eigenvalue weighted by molar-refractivity contribution is 5.77. The van der Waals surface area contributed by atoms with Gasteiger partial charge < -0.3 is 10.2 Å². The fraction of sp³-hybridized carbons (Fsp3) is 0.588. The largest absolute Gasteiger partial charge is 0.338 e. The van der Waals surface area contributed by atoms with E-state index in [0.717, 1.165) is 19.5 Å². The molecule has 1 aliphatic heterocycles. The van der Waals surface area contributed by atoms with Crippen LogP contribution in [0, 0.1) is 0 Å². The van der Waals surface area contributed by atoms with E-state index in [9.17, 15) is 4.79 Å². The zero-order valence-electron chi connectivity index (χ0n) is 12.8. The molecule has 1 heterocycles. The lowest BCUT2D eigenvalue weighted by molar-refractivity contribution is -0.645. The number of quaternary nitrogens is 1. The van der Waals surface area contributed by atoms with Crippen LogP contribution in [0.25, 0.3) is 0 Å². The topological polar surface area (TPSA) is 36.9 Å². The maximum absolute atomic E-state index is 12.3. The third-order valence-corrected chi connectivity index (χ3v) is 4.25. The highest BCUT2D eigenvalue weighted by Crippen LogP contribution is 2.28. The molecule has 0 fully saturated rings. The Hall–Kier alpha value is -1.35. The van der Waals surface area contributed by atoms with Crippen molar-refractivity contribution in [2.75, 3.05) is 19.6 Å². The van der Waals surface area contributed by atoms with Gasteiger partial charge in [0.2, 0.25) is 0 Å². The smallest absolute Gasteiger partial charge is 0.278 e. The Morgan fingerprint density at radius 1 is 1.35 bits per heavy atom. The van der Waals surface area contributed by atoms with Crippen molar-refractivity contribution in [2.45, 2.75) is 45.6 Å². The zero-order chi connectivity index (χ0) is 14.4. The van der Waals surface area contributed by atoms with Crippen molar-refractivity contribution < 1.29 is 10.1 Å². The SMILES string of the molecule is CCCCC[NH2+]CC(=O)N1CCc2ccccc2[C@@H]1C. The number of rotatable bonds is 6. The van der Waals surface area contributed by atoms with Crippen LogP contribution in [0.4, 0.5) is 0 Å². The average molecular weight is 275 g/mol. The molecule has 0 bridgehead atoms. The summed E-state index contributed by atoms with van der Waals surface area (Å²) in [5.41, 5.74) is 2.72. The van der Waals surface area contributed by atoms with Gasteiger partial charge in [0.25, 0.3) is 5.91 Å². The van der Waals surface area contributed by atoms with Crippen LogP contribution in [0.5, 0.6) is 0 Å². The molecule has 1 aliphatic rings. The predicted molar refractivity (Wildman–Crippen MR) is 81.5 cm³/mol. The van der Waals surface area contributed by atoms with E-state index >= 15 is 0 Å². The molecular formula is C17H27N2O+. The molecule has 0 saturated carbocycles. The van der Waals surface area contributed by atoms with E-state index in [1.54, 1.807) is 0 Å². The van der Waals surface area contributed by atoms with Crippen molar-refractivity contribution in [3.63, 3.8) is 0 Å². The number of nitrogens with two attached hydrogens (primary N) is 1. The summed E-state index contributed by atoms with van der Waals surface area (Å²) in [5.74, 6) is 0.281. The number of amides is 1. The van der Waals surface area contributed by atoms with Gasteiger partial charge >= 0.3 is 0 Å². The summed E-state index contributed by atoms with van der Waals surface area (Å²) in [6.45, 7) is 6.87. The van der Waals surface area contributed by atoms with Crippen LogP contribution in [0.3, 0.4) is 0 Å². The average Bonchev–Trinajstić information content (AvgIpc) is 2.47. The first kappa shape index (κ1) is 15.0. The lowest BCUT2D eigenvalue weighted by atomic mass is 9.93. The number of nitrogens with zero attached hydrogens (tertiary/aromatic N) is 1. The number of fused-ring (bicyclic) bond motifs is 1. The lowest BCUT2D eigenvalue weighted by Gasteiger charge is -2.34. The highest BCUT2D eigenvalue weighted by atomic mass is 16.2. The Balaban J connectivity index is 1.86. The fourth-order valence-corrected chi connectivity index (χ4v) is 2.99. The molecule has 1 aromatic rings. The van der Waals surface area contributed by atoms with Crippen molar-refractivity contribution in [3.05, 3.63) is 35.4 Å². The number of benzene rings is 1. The van der Waals surface area contributed by atoms with E-state index in [0.29, 0.717) is 6.54 Å². The molecule has 1 atom stereocenters. The summed E-state index contributed by atoms with van der Waals surface area (Å²) in [6.07, 6.45) is 4.70. The standard InChI is InChI=1S/C17H26N2O/c1-3-4-7-11-18-13-17(20)19-12-10-15-8-5-6-9-16(15)14(19)2/h5-6,8-9,14,18H,3-4,7,10-13H2,1-2H3/p+1/t14-/m0/s1. The summed E-state index contributed by atoms with van der Waals surface area (Å²) in [7, 11) is 0. The van der Waals surface area contributed by atoms with Crippen LogP contribution in [0.1, 0.15) is 50.3 Å². The Morgan fingerprint density at radius 2 is 2.15 bits per heavy atom. The van der Waals surface area contributed by atoms with E-state index in [2.05, 4.69) is 43.4 Å². The molecule has 0 aliphatic carbocycles. The van der Waals surface area contributed by atoms with Crippen LogP contribution in [0.2, 0.25) is 0 Å². The maximum Gasteiger partial charge on any atom is 0.278 e. The minimum atomic E-state index is 0.219. The van der Waals surface area contributed by atoms with Crippen molar-refractivity contribution >= 4 is 5.91 Å². The summed E-state index contributed by atoms with van der Waals surface area (Å²) < 4.78 is 0. The highest BCUT2D eigenvalue weighted by Gasteiger charge is 2.27. The van der Waals surface area contributed by atoms with Crippen molar-refractivity contribution in [1.82, 2.24) is 4.90 Å². The van der Waals surface area contributed by atoms with Crippen LogP contribution in [-0.4, -0.2) is 30.4 Å². The van der Waals surface area contributed by atoms with Gasteiger partial charge in [0, 0.05) is 6.54 Å². The molecule has 0 spiro atoms. The van der Waals surface area contributed by atoms with Gasteiger partial charge in [-0.25, -0.2) is 0 Å². The Morgan fingerprint density at radius 3 is 2.95 bits per heavy atom. The van der Waals surface area contributed by atoms with E-state index in [-0.39, 0.29) is 11.9 Å². The van der Waals surface area contributed by atoms with Gasteiger partial charge in [-0.05, 0) is 37.3 Å². The maximum atomic E-state index is 12.3. The van der Waals surface area contributed by atoms with Crippen LogP contribution in [0.15, 0.2) is 24.3 Å². The molecular weight excluding hydrogens is 248 g/mol. The number of hydrogen-bond donors (Lipinski definition) is 1. The van der Waals surface area contributed by atoms with Crippen LogP contribution in [-0.2, 0) is 11.2 Å². The van der Waals surface area contributed by atoms with Crippen LogP contribution < -0.4 is 5.32 Å². The first-order chi connectivity index (χ1) is 9.74. The van der Waals surface area contributed by atoms with E-state index < -0.39 is 0 Å². The zero-order valence-corrected chi connectivity index (χ0v) is 12.8. The summed E-state index contributed by atoms with van der Waals surface area (Å²) in [5, 5.41) is 2.16. The molecule has 2 rings (SSSR count). The number of unbranched alkanes of at least 4 members (excludes halogenated alkanes) is 2. The lowest BCUT2D eigenvalue weighted by Crippen LogP contribution is -2.86. The summed E-state index contributed by atoms with van der Waals surface area (Å²) >= 11 is 0. The first-order valence-corrected chi connectivity index (χ1v) is 7.93. The molecule has 0 aromatic heterocycles. The van der Waals surface area contributed by atoms with E-state index in [4.69, 9.17) is 0 Å². The molecule has 0 unspecified atom stereocenters. The minimum Gasteiger partial charge on any atom is -0.338 e. The molecule has 3 nitrogen and oxygen atoms in total. The molecule has 110 valence electrons. The molecule has 1 aromatic carbocycles. The summed E-state index contributed by atoms with van der Waals surface area (Å²) in [4.78, 5) is 14.4. The van der Waals surface area contributed by atoms with Gasteiger partial charge in [0.05, 0.1) is 12.6 Å². The third kappa shape index (κ3) is 3.60. The van der Waals surface area contributed by atoms with Crippen molar-refractivity contribution in [1.29, 1.82) is 0 Å². The van der Waals surface area contributed by atoms with Crippen molar-refractivity contribution in [3.8, 4) is 0 Å². The molecule has 20 heavy (non-hydrogen) atoms. The quantitative estimate of drug-likeness (QED) is 0.791. The van der Waals surface area contributed by atoms with Gasteiger partial charge in [-0.2, -0.15) is 0 Å². The number of hydrogen-bond acceptors (Lipinski definition) is 1. The molecule has 1 amide bonds. The minimum absolute atomic E-state index is 0.219. The Labute approximate surface area is 122 Å². The van der Waals surface area contributed by atoms with E-state index in [1.165, 1.54) is 30.4 Å². The normalized spacial score (nSPS) is 17.9. The molecule has 0 radical (unpaired) electrons. The molecule has 0 saturated heterocycles.